The van der Waals surface area contributed by atoms with E-state index in [0.717, 1.165) is 6.42 Å². The summed E-state index contributed by atoms with van der Waals surface area (Å²) in [5.74, 6) is 0.704. The molecule has 64 valence electrons. The van der Waals surface area contributed by atoms with E-state index in [2.05, 4.69) is 41.4 Å². The first kappa shape index (κ1) is 7.07. The fourth-order valence-corrected chi connectivity index (χ4v) is 1.97. The van der Waals surface area contributed by atoms with E-state index >= 15 is 0 Å². The van der Waals surface area contributed by atoms with Crippen LogP contribution in [0.25, 0.3) is 0 Å². The zero-order valence-electron chi connectivity index (χ0n) is 7.35. The molecule has 2 atom stereocenters. The van der Waals surface area contributed by atoms with Crippen molar-refractivity contribution in [2.75, 3.05) is 0 Å². The van der Waals surface area contributed by atoms with Crippen molar-refractivity contribution in [3.8, 4) is 0 Å². The van der Waals surface area contributed by atoms with E-state index in [1.165, 1.54) is 11.3 Å². The minimum Gasteiger partial charge on any atom is -0.281 e. The number of benzene rings is 1. The van der Waals surface area contributed by atoms with Gasteiger partial charge in [0.05, 0.1) is 6.04 Å². The Bertz CT molecular complexity index is 375. The highest BCUT2D eigenvalue weighted by Gasteiger charge is 2.31. The summed E-state index contributed by atoms with van der Waals surface area (Å²) in [5.41, 5.74) is 2.57. The second kappa shape index (κ2) is 2.56. The molecule has 13 heavy (non-hydrogen) atoms. The Balaban J connectivity index is 1.93. The first-order valence-electron chi connectivity index (χ1n) is 4.74. The van der Waals surface area contributed by atoms with Gasteiger partial charge in [0.15, 0.2) is 0 Å². The van der Waals surface area contributed by atoms with Gasteiger partial charge in [-0.3, -0.25) is 4.99 Å². The molecule has 1 aliphatic carbocycles. The number of fused-ring (bicyclic) bond motifs is 1. The average molecular weight is 169 g/mol. The standard InChI is InChI=1S/C12H11N/c1-2-4-9(5-3-1)12-8-10-6-7-11(10)13-12/h1-7,10-11H,8H2/t10-,11-/m1/s1. The summed E-state index contributed by atoms with van der Waals surface area (Å²) in [6, 6.07) is 11.0. The Labute approximate surface area is 77.8 Å². The first-order valence-corrected chi connectivity index (χ1v) is 4.74. The van der Waals surface area contributed by atoms with E-state index in [0.29, 0.717) is 12.0 Å². The molecule has 0 spiro atoms. The van der Waals surface area contributed by atoms with E-state index < -0.39 is 0 Å². The smallest absolute Gasteiger partial charge is 0.0749 e. The molecular formula is C12H11N. The van der Waals surface area contributed by atoms with Crippen LogP contribution in [0.15, 0.2) is 47.5 Å². The Kier molecular flexibility index (Phi) is 1.39. The van der Waals surface area contributed by atoms with Crippen LogP contribution >= 0.6 is 0 Å². The molecule has 0 bridgehead atoms. The van der Waals surface area contributed by atoms with Gasteiger partial charge in [-0.25, -0.2) is 0 Å². The third kappa shape index (κ3) is 1.04. The molecule has 1 heteroatoms. The molecule has 3 rings (SSSR count). The Morgan fingerprint density at radius 1 is 1.08 bits per heavy atom. The lowest BCUT2D eigenvalue weighted by molar-refractivity contribution is 0.586. The number of rotatable bonds is 1. The normalized spacial score (nSPS) is 29.4. The maximum Gasteiger partial charge on any atom is 0.0749 e. The van der Waals surface area contributed by atoms with Crippen molar-refractivity contribution in [3.05, 3.63) is 48.0 Å². The van der Waals surface area contributed by atoms with Crippen LogP contribution in [0.3, 0.4) is 0 Å². The first-order chi connectivity index (χ1) is 6.43. The molecule has 0 radical (unpaired) electrons. The van der Waals surface area contributed by atoms with E-state index in [1.807, 2.05) is 6.07 Å². The van der Waals surface area contributed by atoms with Gasteiger partial charge >= 0.3 is 0 Å². The quantitative estimate of drug-likeness (QED) is 0.572. The molecule has 0 unspecified atom stereocenters. The summed E-state index contributed by atoms with van der Waals surface area (Å²) in [4.78, 5) is 4.66. The second-order valence-corrected chi connectivity index (χ2v) is 3.69. The SMILES string of the molecule is C1=C[C@H]2N=C(c3ccccc3)C[C@@H]12. The van der Waals surface area contributed by atoms with E-state index in [4.69, 9.17) is 0 Å². The van der Waals surface area contributed by atoms with Crippen molar-refractivity contribution in [2.45, 2.75) is 12.5 Å². The van der Waals surface area contributed by atoms with Gasteiger partial charge < -0.3 is 0 Å². The molecule has 1 aliphatic heterocycles. The fraction of sp³-hybridized carbons (Fsp3) is 0.250. The van der Waals surface area contributed by atoms with Crippen molar-refractivity contribution in [1.82, 2.24) is 0 Å². The molecule has 0 aromatic heterocycles. The number of aliphatic imine (C=N–C) groups is 1. The Morgan fingerprint density at radius 3 is 2.46 bits per heavy atom. The fourth-order valence-electron chi connectivity index (χ4n) is 1.97. The van der Waals surface area contributed by atoms with E-state index in [1.54, 1.807) is 0 Å². The summed E-state index contributed by atoms with van der Waals surface area (Å²) in [5, 5.41) is 0. The molecule has 2 aliphatic rings. The predicted molar refractivity (Wildman–Crippen MR) is 54.0 cm³/mol. The summed E-state index contributed by atoms with van der Waals surface area (Å²) >= 11 is 0. The molecule has 1 aromatic carbocycles. The van der Waals surface area contributed by atoms with Crippen LogP contribution in [0.2, 0.25) is 0 Å². The van der Waals surface area contributed by atoms with Gasteiger partial charge in [0.1, 0.15) is 0 Å². The maximum absolute atomic E-state index is 4.66. The van der Waals surface area contributed by atoms with Crippen LogP contribution in [-0.2, 0) is 0 Å². The van der Waals surface area contributed by atoms with Crippen molar-refractivity contribution >= 4 is 5.71 Å². The van der Waals surface area contributed by atoms with Gasteiger partial charge in [-0.1, -0.05) is 42.5 Å². The molecule has 1 nitrogen and oxygen atoms in total. The van der Waals surface area contributed by atoms with Gasteiger partial charge in [0, 0.05) is 11.6 Å². The Hall–Kier alpha value is -1.37. The number of hydrogen-bond acceptors (Lipinski definition) is 1. The van der Waals surface area contributed by atoms with Gasteiger partial charge in [0.25, 0.3) is 0 Å². The number of nitrogens with zero attached hydrogens (tertiary/aromatic N) is 1. The van der Waals surface area contributed by atoms with Gasteiger partial charge in [-0.2, -0.15) is 0 Å². The minimum atomic E-state index is 0.496. The molecule has 1 aromatic rings. The van der Waals surface area contributed by atoms with E-state index in [-0.39, 0.29) is 0 Å². The van der Waals surface area contributed by atoms with Crippen LogP contribution in [0.4, 0.5) is 0 Å². The second-order valence-electron chi connectivity index (χ2n) is 3.69. The highest BCUT2D eigenvalue weighted by molar-refractivity contribution is 6.02. The van der Waals surface area contributed by atoms with Crippen LogP contribution in [0.5, 0.6) is 0 Å². The van der Waals surface area contributed by atoms with Crippen molar-refractivity contribution < 1.29 is 0 Å². The highest BCUT2D eigenvalue weighted by Crippen LogP contribution is 2.32. The third-order valence-electron chi connectivity index (χ3n) is 2.84. The lowest BCUT2D eigenvalue weighted by atomic mass is 9.88. The van der Waals surface area contributed by atoms with Crippen molar-refractivity contribution in [3.63, 3.8) is 0 Å². The average Bonchev–Trinajstić information content (AvgIpc) is 2.45. The van der Waals surface area contributed by atoms with Gasteiger partial charge in [-0.15, -0.1) is 0 Å². The summed E-state index contributed by atoms with van der Waals surface area (Å²) < 4.78 is 0. The van der Waals surface area contributed by atoms with Crippen LogP contribution in [0.1, 0.15) is 12.0 Å². The molecule has 0 saturated heterocycles. The topological polar surface area (TPSA) is 12.4 Å². The Morgan fingerprint density at radius 2 is 1.92 bits per heavy atom. The minimum absolute atomic E-state index is 0.496. The summed E-state index contributed by atoms with van der Waals surface area (Å²) in [6.45, 7) is 0. The monoisotopic (exact) mass is 169 g/mol. The summed E-state index contributed by atoms with van der Waals surface area (Å²) in [6.07, 6.45) is 5.59. The van der Waals surface area contributed by atoms with Crippen LogP contribution < -0.4 is 0 Å². The molecule has 1 heterocycles. The third-order valence-corrected chi connectivity index (χ3v) is 2.84. The van der Waals surface area contributed by atoms with Gasteiger partial charge in [-0.05, 0) is 12.0 Å². The lowest BCUT2D eigenvalue weighted by Crippen LogP contribution is -2.16. The van der Waals surface area contributed by atoms with Crippen LogP contribution in [0, 0.1) is 5.92 Å². The highest BCUT2D eigenvalue weighted by atomic mass is 14.9. The van der Waals surface area contributed by atoms with Crippen LogP contribution in [-0.4, -0.2) is 11.8 Å². The zero-order chi connectivity index (χ0) is 8.67. The predicted octanol–water partition coefficient (Wildman–Crippen LogP) is 2.43. The van der Waals surface area contributed by atoms with E-state index in [9.17, 15) is 0 Å². The molecule has 0 amide bonds. The molecule has 0 fully saturated rings. The van der Waals surface area contributed by atoms with Crippen molar-refractivity contribution in [1.29, 1.82) is 0 Å². The number of hydrogen-bond donors (Lipinski definition) is 0. The van der Waals surface area contributed by atoms with Crippen molar-refractivity contribution in [2.24, 2.45) is 10.9 Å². The lowest BCUT2D eigenvalue weighted by Gasteiger charge is -2.17. The van der Waals surface area contributed by atoms with Gasteiger partial charge in [0.2, 0.25) is 0 Å². The molecular weight excluding hydrogens is 158 g/mol. The molecule has 0 saturated carbocycles. The maximum atomic E-state index is 4.66. The molecule has 0 N–H and O–H groups in total. The summed E-state index contributed by atoms with van der Waals surface area (Å²) in [7, 11) is 0. The largest absolute Gasteiger partial charge is 0.281 e. The zero-order valence-corrected chi connectivity index (χ0v) is 7.35.